The van der Waals surface area contributed by atoms with Crippen molar-refractivity contribution < 1.29 is 9.31 Å². The summed E-state index contributed by atoms with van der Waals surface area (Å²) in [5.74, 6) is -0.349. The first-order chi connectivity index (χ1) is 11.5. The van der Waals surface area contributed by atoms with Crippen molar-refractivity contribution >= 4 is 5.69 Å². The van der Waals surface area contributed by atoms with Crippen LogP contribution in [0.2, 0.25) is 0 Å². The molecule has 0 unspecified atom stereocenters. The monoisotopic (exact) mass is 325 g/mol. The minimum absolute atomic E-state index is 0.0147. The molecule has 24 heavy (non-hydrogen) atoms. The van der Waals surface area contributed by atoms with Crippen LogP contribution in [0.3, 0.4) is 0 Å². The van der Waals surface area contributed by atoms with E-state index in [0.717, 1.165) is 0 Å². The van der Waals surface area contributed by atoms with E-state index in [1.165, 1.54) is 35.0 Å². The fourth-order valence-corrected chi connectivity index (χ4v) is 2.23. The number of hydrogen-bond donors (Lipinski definition) is 0. The maximum Gasteiger partial charge on any atom is 0.269 e. The van der Waals surface area contributed by atoms with Crippen LogP contribution in [0.5, 0.6) is 0 Å². The summed E-state index contributed by atoms with van der Waals surface area (Å²) in [6, 6.07) is 14.7. The van der Waals surface area contributed by atoms with Crippen LogP contribution in [0.4, 0.5) is 10.1 Å². The van der Waals surface area contributed by atoms with Gasteiger partial charge in [-0.25, -0.2) is 9.07 Å². The number of nitro groups is 1. The summed E-state index contributed by atoms with van der Waals surface area (Å²) >= 11 is 0. The molecule has 6 nitrogen and oxygen atoms in total. The van der Waals surface area contributed by atoms with Crippen molar-refractivity contribution in [3.8, 4) is 11.3 Å². The topological polar surface area (TPSA) is 78.0 Å². The third-order valence-electron chi connectivity index (χ3n) is 3.49. The summed E-state index contributed by atoms with van der Waals surface area (Å²) in [5.41, 5.74) is 1.63. The van der Waals surface area contributed by atoms with Gasteiger partial charge in [-0.2, -0.15) is 5.10 Å². The lowest BCUT2D eigenvalue weighted by Crippen LogP contribution is -2.22. The van der Waals surface area contributed by atoms with E-state index in [0.29, 0.717) is 16.8 Å². The number of benzene rings is 2. The lowest BCUT2D eigenvalue weighted by Gasteiger charge is -2.07. The Kier molecular flexibility index (Phi) is 4.15. The average molecular weight is 325 g/mol. The summed E-state index contributed by atoms with van der Waals surface area (Å²) in [5, 5.41) is 14.9. The Labute approximate surface area is 136 Å². The number of nitrogens with zero attached hydrogens (tertiary/aromatic N) is 3. The maximum absolute atomic E-state index is 13.0. The van der Waals surface area contributed by atoms with Gasteiger partial charge < -0.3 is 0 Å². The molecular formula is C17H12FN3O3. The van der Waals surface area contributed by atoms with Gasteiger partial charge in [0.1, 0.15) is 5.82 Å². The van der Waals surface area contributed by atoms with Gasteiger partial charge in [-0.1, -0.05) is 12.1 Å². The van der Waals surface area contributed by atoms with Gasteiger partial charge in [-0.05, 0) is 35.9 Å². The van der Waals surface area contributed by atoms with Crippen molar-refractivity contribution in [3.05, 3.63) is 92.5 Å². The van der Waals surface area contributed by atoms with Crippen LogP contribution in [-0.2, 0) is 6.54 Å². The largest absolute Gasteiger partial charge is 0.269 e. The Balaban J connectivity index is 1.90. The molecule has 0 saturated heterocycles. The molecule has 1 aromatic heterocycles. The zero-order valence-electron chi connectivity index (χ0n) is 12.4. The zero-order valence-corrected chi connectivity index (χ0v) is 12.4. The molecule has 0 amide bonds. The molecule has 3 rings (SSSR count). The lowest BCUT2D eigenvalue weighted by atomic mass is 10.1. The first-order valence-electron chi connectivity index (χ1n) is 7.10. The summed E-state index contributed by atoms with van der Waals surface area (Å²) in [6.07, 6.45) is 0. The van der Waals surface area contributed by atoms with E-state index in [4.69, 9.17) is 0 Å². The molecule has 7 heteroatoms. The molecule has 0 saturated carbocycles. The second-order valence-electron chi connectivity index (χ2n) is 5.14. The molecule has 120 valence electrons. The van der Waals surface area contributed by atoms with Crippen molar-refractivity contribution in [1.29, 1.82) is 0 Å². The highest BCUT2D eigenvalue weighted by Gasteiger charge is 2.07. The molecule has 0 aliphatic rings. The first kappa shape index (κ1) is 15.5. The van der Waals surface area contributed by atoms with Gasteiger partial charge in [-0.15, -0.1) is 0 Å². The molecule has 0 fully saturated rings. The van der Waals surface area contributed by atoms with E-state index in [9.17, 15) is 19.3 Å². The first-order valence-corrected chi connectivity index (χ1v) is 7.10. The Morgan fingerprint density at radius 1 is 1.00 bits per heavy atom. The average Bonchev–Trinajstić information content (AvgIpc) is 2.58. The van der Waals surface area contributed by atoms with Crippen LogP contribution in [0.25, 0.3) is 11.3 Å². The Bertz CT molecular complexity index is 935. The quantitative estimate of drug-likeness (QED) is 0.546. The third-order valence-corrected chi connectivity index (χ3v) is 3.49. The predicted molar refractivity (Wildman–Crippen MR) is 86.1 cm³/mol. The van der Waals surface area contributed by atoms with E-state index in [2.05, 4.69) is 5.10 Å². The van der Waals surface area contributed by atoms with Gasteiger partial charge in [0.25, 0.3) is 11.2 Å². The minimum atomic E-state index is -0.483. The standard InChI is InChI=1S/C17H12FN3O3/c18-14-5-3-13(4-6-14)16-9-10-17(22)20(19-16)11-12-1-7-15(8-2-12)21(23)24/h1-10H,11H2. The normalized spacial score (nSPS) is 10.5. The van der Waals surface area contributed by atoms with Crippen LogP contribution in [0.15, 0.2) is 65.5 Å². The molecule has 0 radical (unpaired) electrons. The highest BCUT2D eigenvalue weighted by molar-refractivity contribution is 5.57. The van der Waals surface area contributed by atoms with Crippen molar-refractivity contribution in [2.45, 2.75) is 6.54 Å². The fourth-order valence-electron chi connectivity index (χ4n) is 2.23. The molecule has 2 aromatic carbocycles. The van der Waals surface area contributed by atoms with E-state index >= 15 is 0 Å². The van der Waals surface area contributed by atoms with Gasteiger partial charge in [0.05, 0.1) is 17.2 Å². The third kappa shape index (κ3) is 3.35. The molecule has 0 spiro atoms. The molecule has 0 bridgehead atoms. The van der Waals surface area contributed by atoms with Crippen LogP contribution < -0.4 is 5.56 Å². The molecule has 0 N–H and O–H groups in total. The number of hydrogen-bond acceptors (Lipinski definition) is 4. The van der Waals surface area contributed by atoms with Gasteiger partial charge in [0, 0.05) is 23.8 Å². The summed E-state index contributed by atoms with van der Waals surface area (Å²) < 4.78 is 14.3. The fraction of sp³-hybridized carbons (Fsp3) is 0.0588. The molecule has 0 atom stereocenters. The van der Waals surface area contributed by atoms with Gasteiger partial charge in [-0.3, -0.25) is 14.9 Å². The Morgan fingerprint density at radius 3 is 2.29 bits per heavy atom. The van der Waals surface area contributed by atoms with Crippen LogP contribution in [0.1, 0.15) is 5.56 Å². The molecule has 0 aliphatic carbocycles. The SMILES string of the molecule is O=c1ccc(-c2ccc(F)cc2)nn1Cc1ccc([N+](=O)[O-])cc1. The number of aromatic nitrogens is 2. The molecule has 3 aromatic rings. The van der Waals surface area contributed by atoms with Crippen LogP contribution in [-0.4, -0.2) is 14.7 Å². The van der Waals surface area contributed by atoms with E-state index in [-0.39, 0.29) is 23.6 Å². The number of halogens is 1. The molecule has 0 aliphatic heterocycles. The van der Waals surface area contributed by atoms with Crippen molar-refractivity contribution in [2.75, 3.05) is 0 Å². The number of rotatable bonds is 4. The summed E-state index contributed by atoms with van der Waals surface area (Å²) in [4.78, 5) is 22.1. The Hall–Kier alpha value is -3.35. The summed E-state index contributed by atoms with van der Waals surface area (Å²) in [7, 11) is 0. The second-order valence-corrected chi connectivity index (χ2v) is 5.14. The van der Waals surface area contributed by atoms with Crippen molar-refractivity contribution in [2.24, 2.45) is 0 Å². The van der Waals surface area contributed by atoms with Crippen LogP contribution >= 0.6 is 0 Å². The minimum Gasteiger partial charge on any atom is -0.268 e. The van der Waals surface area contributed by atoms with Crippen molar-refractivity contribution in [3.63, 3.8) is 0 Å². The highest BCUT2D eigenvalue weighted by atomic mass is 19.1. The van der Waals surface area contributed by atoms with E-state index in [1.807, 2.05) is 0 Å². The second kappa shape index (κ2) is 6.41. The molecular weight excluding hydrogens is 313 g/mol. The number of non-ortho nitro benzene ring substituents is 1. The van der Waals surface area contributed by atoms with Gasteiger partial charge in [0.2, 0.25) is 0 Å². The van der Waals surface area contributed by atoms with E-state index in [1.54, 1.807) is 30.3 Å². The lowest BCUT2D eigenvalue weighted by molar-refractivity contribution is -0.384. The van der Waals surface area contributed by atoms with Crippen molar-refractivity contribution in [1.82, 2.24) is 9.78 Å². The predicted octanol–water partition coefficient (Wildman–Crippen LogP) is 3.01. The van der Waals surface area contributed by atoms with Crippen LogP contribution in [0, 0.1) is 15.9 Å². The van der Waals surface area contributed by atoms with E-state index < -0.39 is 4.92 Å². The zero-order chi connectivity index (χ0) is 17.1. The van der Waals surface area contributed by atoms with Gasteiger partial charge >= 0.3 is 0 Å². The number of nitro benzene ring substituents is 1. The van der Waals surface area contributed by atoms with Gasteiger partial charge in [0.15, 0.2) is 0 Å². The smallest absolute Gasteiger partial charge is 0.268 e. The molecule has 1 heterocycles. The maximum atomic E-state index is 13.0. The Morgan fingerprint density at radius 2 is 1.67 bits per heavy atom. The summed E-state index contributed by atoms with van der Waals surface area (Å²) in [6.45, 7) is 0.186. The highest BCUT2D eigenvalue weighted by Crippen LogP contribution is 2.16.